The first-order valence-electron chi connectivity index (χ1n) is 12.5. The average Bonchev–Trinajstić information content (AvgIpc) is 3.45. The van der Waals surface area contributed by atoms with Gasteiger partial charge in [0, 0.05) is 18.7 Å². The first kappa shape index (κ1) is 25.6. The quantitative estimate of drug-likeness (QED) is 0.587. The fraction of sp³-hybridized carbons (Fsp3) is 0.429. The van der Waals surface area contributed by atoms with Crippen LogP contribution >= 0.6 is 0 Å². The summed E-state index contributed by atoms with van der Waals surface area (Å²) in [5.74, 6) is -0.709. The van der Waals surface area contributed by atoms with Crippen molar-refractivity contribution < 1.29 is 19.2 Å². The normalized spacial score (nSPS) is 19.9. The molecule has 2 aromatic rings. The van der Waals surface area contributed by atoms with Crippen molar-refractivity contribution >= 4 is 23.5 Å². The van der Waals surface area contributed by atoms with Crippen molar-refractivity contribution in [2.24, 2.45) is 11.7 Å². The summed E-state index contributed by atoms with van der Waals surface area (Å²) < 4.78 is 0. The van der Waals surface area contributed by atoms with Crippen LogP contribution in [-0.4, -0.2) is 64.5 Å². The van der Waals surface area contributed by atoms with Crippen LogP contribution in [0.2, 0.25) is 0 Å². The van der Waals surface area contributed by atoms with Crippen molar-refractivity contribution in [3.63, 3.8) is 0 Å². The van der Waals surface area contributed by atoms with E-state index in [0.717, 1.165) is 11.1 Å². The summed E-state index contributed by atoms with van der Waals surface area (Å²) in [5.41, 5.74) is 7.86. The molecule has 3 amide bonds. The van der Waals surface area contributed by atoms with Crippen molar-refractivity contribution in [1.29, 1.82) is 0 Å². The van der Waals surface area contributed by atoms with Gasteiger partial charge in [0.2, 0.25) is 11.8 Å². The van der Waals surface area contributed by atoms with Gasteiger partial charge in [-0.2, -0.15) is 0 Å². The fourth-order valence-corrected chi connectivity index (χ4v) is 5.24. The second-order valence-corrected chi connectivity index (χ2v) is 10.0. The van der Waals surface area contributed by atoms with E-state index in [2.05, 4.69) is 5.32 Å². The number of nitrogens with two attached hydrogens (primary N) is 1. The van der Waals surface area contributed by atoms with Gasteiger partial charge in [0.05, 0.1) is 19.0 Å². The standard InChI is InChI=1S/C28H34N4O4/c1-18(2)13-22(30-27(35)21-10-6-9-20(14-21)16-29)28(36)31-12-11-23-26(31)24(33)17-32(23)25(34)15-19-7-4-3-5-8-19/h3-10,14,18,22-23,26H,11-13,15-17,29H2,1-2H3,(H,30,35)/t22-,23?,26?/m0/s1. The number of fused-ring (bicyclic) bond motifs is 1. The van der Waals surface area contributed by atoms with Gasteiger partial charge < -0.3 is 20.9 Å². The highest BCUT2D eigenvalue weighted by Crippen LogP contribution is 2.31. The third-order valence-electron chi connectivity index (χ3n) is 6.96. The second kappa shape index (κ2) is 11.0. The van der Waals surface area contributed by atoms with E-state index in [1.807, 2.05) is 50.2 Å². The Morgan fingerprint density at radius 2 is 1.75 bits per heavy atom. The summed E-state index contributed by atoms with van der Waals surface area (Å²) in [7, 11) is 0. The number of amides is 3. The molecule has 0 bridgehead atoms. The zero-order chi connectivity index (χ0) is 25.8. The van der Waals surface area contributed by atoms with Crippen LogP contribution in [0.4, 0.5) is 0 Å². The maximum Gasteiger partial charge on any atom is 0.251 e. The molecule has 8 nitrogen and oxygen atoms in total. The molecule has 2 aromatic carbocycles. The topological polar surface area (TPSA) is 113 Å². The first-order chi connectivity index (χ1) is 17.3. The molecular formula is C28H34N4O4. The van der Waals surface area contributed by atoms with Crippen LogP contribution in [0.3, 0.4) is 0 Å². The Balaban J connectivity index is 1.48. The highest BCUT2D eigenvalue weighted by atomic mass is 16.2. The number of rotatable bonds is 8. The Bertz CT molecular complexity index is 1130. The number of nitrogens with one attached hydrogen (secondary N) is 1. The lowest BCUT2D eigenvalue weighted by atomic mass is 10.0. The third kappa shape index (κ3) is 5.49. The number of nitrogens with zero attached hydrogens (tertiary/aromatic N) is 2. The molecule has 2 heterocycles. The van der Waals surface area contributed by atoms with Crippen LogP contribution in [-0.2, 0) is 27.3 Å². The number of carbonyl (C=O) groups excluding carboxylic acids is 4. The summed E-state index contributed by atoms with van der Waals surface area (Å²) >= 11 is 0. The zero-order valence-electron chi connectivity index (χ0n) is 20.9. The number of hydrogen-bond donors (Lipinski definition) is 2. The molecule has 190 valence electrons. The van der Waals surface area contributed by atoms with Gasteiger partial charge in [-0.3, -0.25) is 19.2 Å². The monoisotopic (exact) mass is 490 g/mol. The Morgan fingerprint density at radius 3 is 2.44 bits per heavy atom. The lowest BCUT2D eigenvalue weighted by Crippen LogP contribution is -2.53. The SMILES string of the molecule is CC(C)C[C@H](NC(=O)c1cccc(CN)c1)C(=O)N1CCC2C1C(=O)CN2C(=O)Cc1ccccc1. The van der Waals surface area contributed by atoms with E-state index in [0.29, 0.717) is 31.5 Å². The molecule has 4 rings (SSSR count). The first-order valence-corrected chi connectivity index (χ1v) is 12.5. The lowest BCUT2D eigenvalue weighted by molar-refractivity contribution is -0.138. The lowest BCUT2D eigenvalue weighted by Gasteiger charge is -2.29. The van der Waals surface area contributed by atoms with Gasteiger partial charge >= 0.3 is 0 Å². The van der Waals surface area contributed by atoms with Gasteiger partial charge in [-0.05, 0) is 42.0 Å². The number of carbonyl (C=O) groups is 4. The Kier molecular flexibility index (Phi) is 7.84. The average molecular weight is 491 g/mol. The number of Topliss-reactive ketones (excluding diaryl/α,β-unsaturated/α-hetero) is 1. The highest BCUT2D eigenvalue weighted by Gasteiger charge is 2.52. The molecule has 0 radical (unpaired) electrons. The van der Waals surface area contributed by atoms with Crippen molar-refractivity contribution in [3.8, 4) is 0 Å². The maximum atomic E-state index is 13.7. The van der Waals surface area contributed by atoms with Gasteiger partial charge in [0.15, 0.2) is 5.78 Å². The van der Waals surface area contributed by atoms with Crippen LogP contribution in [0, 0.1) is 5.92 Å². The zero-order valence-corrected chi connectivity index (χ0v) is 20.9. The molecule has 0 aliphatic carbocycles. The molecule has 2 saturated heterocycles. The molecule has 2 fully saturated rings. The number of ketones is 1. The van der Waals surface area contributed by atoms with E-state index in [1.165, 1.54) is 0 Å². The van der Waals surface area contributed by atoms with E-state index >= 15 is 0 Å². The maximum absolute atomic E-state index is 13.7. The predicted molar refractivity (Wildman–Crippen MR) is 136 cm³/mol. The number of hydrogen-bond acceptors (Lipinski definition) is 5. The van der Waals surface area contributed by atoms with Crippen molar-refractivity contribution in [2.75, 3.05) is 13.1 Å². The number of likely N-dealkylation sites (tertiary alicyclic amines) is 2. The molecule has 0 aromatic heterocycles. The van der Waals surface area contributed by atoms with E-state index in [-0.39, 0.29) is 48.4 Å². The molecule has 36 heavy (non-hydrogen) atoms. The van der Waals surface area contributed by atoms with Gasteiger partial charge in [0.25, 0.3) is 5.91 Å². The fourth-order valence-electron chi connectivity index (χ4n) is 5.24. The minimum absolute atomic E-state index is 0.0118. The van der Waals surface area contributed by atoms with Gasteiger partial charge in [-0.15, -0.1) is 0 Å². The third-order valence-corrected chi connectivity index (χ3v) is 6.96. The minimum atomic E-state index is -0.764. The van der Waals surface area contributed by atoms with E-state index < -0.39 is 12.1 Å². The molecule has 2 unspecified atom stereocenters. The molecule has 8 heteroatoms. The van der Waals surface area contributed by atoms with Crippen LogP contribution < -0.4 is 11.1 Å². The largest absolute Gasteiger partial charge is 0.340 e. The Morgan fingerprint density at radius 1 is 1.03 bits per heavy atom. The predicted octanol–water partition coefficient (Wildman–Crippen LogP) is 1.91. The van der Waals surface area contributed by atoms with Crippen LogP contribution in [0.15, 0.2) is 54.6 Å². The van der Waals surface area contributed by atoms with Crippen molar-refractivity contribution in [2.45, 2.75) is 57.8 Å². The van der Waals surface area contributed by atoms with Gasteiger partial charge in [-0.1, -0.05) is 56.3 Å². The minimum Gasteiger partial charge on any atom is -0.340 e. The highest BCUT2D eigenvalue weighted by molar-refractivity contribution is 6.01. The van der Waals surface area contributed by atoms with Crippen LogP contribution in [0.25, 0.3) is 0 Å². The Hall–Kier alpha value is -3.52. The van der Waals surface area contributed by atoms with E-state index in [4.69, 9.17) is 5.73 Å². The summed E-state index contributed by atoms with van der Waals surface area (Å²) in [6.45, 7) is 4.67. The molecule has 0 saturated carbocycles. The van der Waals surface area contributed by atoms with Crippen molar-refractivity contribution in [3.05, 3.63) is 71.3 Å². The summed E-state index contributed by atoms with van der Waals surface area (Å²) in [6, 6.07) is 14.7. The van der Waals surface area contributed by atoms with Crippen LogP contribution in [0.5, 0.6) is 0 Å². The molecule has 0 spiro atoms. The molecule has 2 aliphatic rings. The summed E-state index contributed by atoms with van der Waals surface area (Å²) in [5, 5.41) is 2.89. The summed E-state index contributed by atoms with van der Waals surface area (Å²) in [6.07, 6.45) is 1.21. The molecular weight excluding hydrogens is 456 g/mol. The van der Waals surface area contributed by atoms with E-state index in [9.17, 15) is 19.2 Å². The second-order valence-electron chi connectivity index (χ2n) is 10.0. The molecule has 3 atom stereocenters. The van der Waals surface area contributed by atoms with E-state index in [1.54, 1.807) is 28.0 Å². The van der Waals surface area contributed by atoms with Crippen LogP contribution in [0.1, 0.15) is 48.2 Å². The number of benzene rings is 2. The van der Waals surface area contributed by atoms with Crippen molar-refractivity contribution in [1.82, 2.24) is 15.1 Å². The molecule has 2 aliphatic heterocycles. The summed E-state index contributed by atoms with van der Waals surface area (Å²) in [4.78, 5) is 55.9. The smallest absolute Gasteiger partial charge is 0.251 e. The van der Waals surface area contributed by atoms with Gasteiger partial charge in [-0.25, -0.2) is 0 Å². The van der Waals surface area contributed by atoms with Gasteiger partial charge in [0.1, 0.15) is 12.1 Å². The molecule has 3 N–H and O–H groups in total. The Labute approximate surface area is 211 Å².